The van der Waals surface area contributed by atoms with Crippen LogP contribution in [0.2, 0.25) is 0 Å². The fourth-order valence-electron chi connectivity index (χ4n) is 4.81. The molecule has 0 aliphatic carbocycles. The first-order chi connectivity index (χ1) is 13.8. The molecule has 2 unspecified atom stereocenters. The number of nitrogens with zero attached hydrogens (tertiary/aromatic N) is 5. The summed E-state index contributed by atoms with van der Waals surface area (Å²) in [6.07, 6.45) is 1.17. The van der Waals surface area contributed by atoms with Crippen molar-refractivity contribution in [1.29, 1.82) is 0 Å². The molecule has 5 rings (SSSR count). The van der Waals surface area contributed by atoms with Gasteiger partial charge in [0.1, 0.15) is 5.69 Å². The van der Waals surface area contributed by atoms with E-state index in [9.17, 15) is 0 Å². The van der Waals surface area contributed by atoms with E-state index in [4.69, 9.17) is 0 Å². The third-order valence-electron chi connectivity index (χ3n) is 6.07. The molecule has 2 atom stereocenters. The molecule has 0 radical (unpaired) electrons. The van der Waals surface area contributed by atoms with Crippen molar-refractivity contribution in [2.75, 3.05) is 19.6 Å². The van der Waals surface area contributed by atoms with Crippen LogP contribution in [0.15, 0.2) is 60.7 Å². The van der Waals surface area contributed by atoms with Gasteiger partial charge in [0.2, 0.25) is 0 Å². The molecule has 5 heteroatoms. The summed E-state index contributed by atoms with van der Waals surface area (Å²) in [5, 5.41) is 9.23. The Kier molecular flexibility index (Phi) is 4.71. The molecule has 0 spiro atoms. The first kappa shape index (κ1) is 17.6. The zero-order chi connectivity index (χ0) is 18.9. The number of rotatable bonds is 5. The second-order valence-corrected chi connectivity index (χ2v) is 7.98. The highest BCUT2D eigenvalue weighted by Crippen LogP contribution is 2.36. The molecule has 3 aromatic rings. The molecule has 2 aromatic carbocycles. The summed E-state index contributed by atoms with van der Waals surface area (Å²) in [4.78, 5) is 5.23. The highest BCUT2D eigenvalue weighted by Gasteiger charge is 2.43. The Morgan fingerprint density at radius 1 is 0.929 bits per heavy atom. The molecule has 5 nitrogen and oxygen atoms in total. The zero-order valence-corrected chi connectivity index (χ0v) is 16.4. The Hall–Kier alpha value is -2.50. The van der Waals surface area contributed by atoms with Crippen molar-refractivity contribution in [3.8, 4) is 11.3 Å². The molecule has 1 fully saturated rings. The van der Waals surface area contributed by atoms with Crippen LogP contribution in [0.1, 0.15) is 30.6 Å². The van der Waals surface area contributed by atoms with Gasteiger partial charge in [-0.25, -0.2) is 4.68 Å². The summed E-state index contributed by atoms with van der Waals surface area (Å²) in [7, 11) is 0. The number of hydrogen-bond donors (Lipinski definition) is 0. The van der Waals surface area contributed by atoms with E-state index < -0.39 is 0 Å². The average Bonchev–Trinajstić information content (AvgIpc) is 3.34. The fourth-order valence-corrected chi connectivity index (χ4v) is 4.81. The normalized spacial score (nSPS) is 22.2. The lowest BCUT2D eigenvalue weighted by atomic mass is 10.0. The molecular formula is C23H27N5. The molecule has 0 amide bonds. The van der Waals surface area contributed by atoms with E-state index >= 15 is 0 Å². The summed E-state index contributed by atoms with van der Waals surface area (Å²) in [5.41, 5.74) is 4.86. The first-order valence-electron chi connectivity index (χ1n) is 10.3. The van der Waals surface area contributed by atoms with Crippen LogP contribution < -0.4 is 0 Å². The predicted octanol–water partition coefficient (Wildman–Crippen LogP) is 3.60. The lowest BCUT2D eigenvalue weighted by Crippen LogP contribution is -2.46. The fraction of sp³-hybridized carbons (Fsp3) is 0.391. The van der Waals surface area contributed by atoms with E-state index in [0.29, 0.717) is 12.1 Å². The van der Waals surface area contributed by atoms with E-state index in [0.717, 1.165) is 44.0 Å². The lowest BCUT2D eigenvalue weighted by molar-refractivity contribution is 0.122. The maximum absolute atomic E-state index is 4.63. The van der Waals surface area contributed by atoms with Crippen LogP contribution in [0.5, 0.6) is 0 Å². The molecule has 2 aliphatic rings. The van der Waals surface area contributed by atoms with Gasteiger partial charge >= 0.3 is 0 Å². The second-order valence-electron chi connectivity index (χ2n) is 7.98. The van der Waals surface area contributed by atoms with Crippen LogP contribution in [0, 0.1) is 0 Å². The molecule has 28 heavy (non-hydrogen) atoms. The lowest BCUT2D eigenvalue weighted by Gasteiger charge is -2.37. The summed E-state index contributed by atoms with van der Waals surface area (Å²) in [6.45, 7) is 7.46. The van der Waals surface area contributed by atoms with Crippen molar-refractivity contribution in [3.63, 3.8) is 0 Å². The topological polar surface area (TPSA) is 37.2 Å². The highest BCUT2D eigenvalue weighted by atomic mass is 15.5. The van der Waals surface area contributed by atoms with E-state index in [1.807, 2.05) is 0 Å². The van der Waals surface area contributed by atoms with Gasteiger partial charge < -0.3 is 0 Å². The SMILES string of the molecule is CCCN1Cc2c(-c3ccccc3)nnn2C2CN(Cc3ccccc3)CC21. The Balaban J connectivity index is 1.45. The van der Waals surface area contributed by atoms with Gasteiger partial charge in [-0.15, -0.1) is 5.10 Å². The maximum atomic E-state index is 4.63. The van der Waals surface area contributed by atoms with Crippen LogP contribution in [0.3, 0.4) is 0 Å². The molecule has 0 bridgehead atoms. The van der Waals surface area contributed by atoms with E-state index in [-0.39, 0.29) is 0 Å². The van der Waals surface area contributed by atoms with Gasteiger partial charge in [-0.2, -0.15) is 0 Å². The molecule has 1 saturated heterocycles. The van der Waals surface area contributed by atoms with Gasteiger partial charge in [-0.05, 0) is 18.5 Å². The van der Waals surface area contributed by atoms with Crippen molar-refractivity contribution < 1.29 is 0 Å². The van der Waals surface area contributed by atoms with Gasteiger partial charge in [-0.1, -0.05) is 72.8 Å². The van der Waals surface area contributed by atoms with Crippen molar-refractivity contribution in [2.24, 2.45) is 0 Å². The standard InChI is InChI=1S/C23H27N5/c1-2-13-27-17-22-23(19-11-7-4-8-12-19)24-25-28(22)21-16-26(15-20(21)27)14-18-9-5-3-6-10-18/h3-12,20-21H,2,13-17H2,1H3. The van der Waals surface area contributed by atoms with Crippen molar-refractivity contribution in [3.05, 3.63) is 71.9 Å². The zero-order valence-electron chi connectivity index (χ0n) is 16.4. The van der Waals surface area contributed by atoms with Crippen LogP contribution in [-0.2, 0) is 13.1 Å². The number of hydrogen-bond acceptors (Lipinski definition) is 4. The Morgan fingerprint density at radius 2 is 1.64 bits per heavy atom. The number of likely N-dealkylation sites (tertiary alicyclic amines) is 1. The van der Waals surface area contributed by atoms with Crippen molar-refractivity contribution >= 4 is 0 Å². The van der Waals surface area contributed by atoms with Gasteiger partial charge in [0.05, 0.1) is 11.7 Å². The molecule has 2 aliphatic heterocycles. The van der Waals surface area contributed by atoms with E-state index in [2.05, 4.69) is 92.4 Å². The molecule has 1 aromatic heterocycles. The van der Waals surface area contributed by atoms with Gasteiger partial charge in [0, 0.05) is 37.8 Å². The largest absolute Gasteiger partial charge is 0.295 e. The smallest absolute Gasteiger partial charge is 0.117 e. The van der Waals surface area contributed by atoms with Crippen molar-refractivity contribution in [2.45, 2.75) is 38.5 Å². The number of fused-ring (bicyclic) bond motifs is 3. The monoisotopic (exact) mass is 373 g/mol. The average molecular weight is 374 g/mol. The maximum Gasteiger partial charge on any atom is 0.117 e. The van der Waals surface area contributed by atoms with Crippen LogP contribution in [-0.4, -0.2) is 50.5 Å². The molecule has 0 saturated carbocycles. The third-order valence-corrected chi connectivity index (χ3v) is 6.07. The minimum atomic E-state index is 0.379. The first-order valence-corrected chi connectivity index (χ1v) is 10.3. The van der Waals surface area contributed by atoms with Crippen LogP contribution in [0.25, 0.3) is 11.3 Å². The number of benzene rings is 2. The van der Waals surface area contributed by atoms with Gasteiger partial charge in [-0.3, -0.25) is 9.80 Å². The van der Waals surface area contributed by atoms with Crippen LogP contribution in [0.4, 0.5) is 0 Å². The summed E-state index contributed by atoms with van der Waals surface area (Å²) < 4.78 is 2.23. The van der Waals surface area contributed by atoms with Gasteiger partial charge in [0.25, 0.3) is 0 Å². The van der Waals surface area contributed by atoms with E-state index in [1.165, 1.54) is 17.7 Å². The van der Waals surface area contributed by atoms with Crippen molar-refractivity contribution in [1.82, 2.24) is 24.8 Å². The minimum absolute atomic E-state index is 0.379. The highest BCUT2D eigenvalue weighted by molar-refractivity contribution is 5.61. The number of aromatic nitrogens is 3. The summed E-state index contributed by atoms with van der Waals surface area (Å²) >= 11 is 0. The predicted molar refractivity (Wildman–Crippen MR) is 111 cm³/mol. The summed E-state index contributed by atoms with van der Waals surface area (Å²) in [6, 6.07) is 22.2. The van der Waals surface area contributed by atoms with Crippen LogP contribution >= 0.6 is 0 Å². The summed E-state index contributed by atoms with van der Waals surface area (Å²) in [5.74, 6) is 0. The van der Waals surface area contributed by atoms with E-state index in [1.54, 1.807) is 0 Å². The van der Waals surface area contributed by atoms with Gasteiger partial charge in [0.15, 0.2) is 0 Å². The Morgan fingerprint density at radius 3 is 2.39 bits per heavy atom. The molecule has 0 N–H and O–H groups in total. The molecule has 3 heterocycles. The molecule has 144 valence electrons. The third kappa shape index (κ3) is 3.15. The second kappa shape index (κ2) is 7.49. The molecular weight excluding hydrogens is 346 g/mol. The Labute approximate surface area is 166 Å². The minimum Gasteiger partial charge on any atom is -0.295 e. The Bertz CT molecular complexity index is 921. The quantitative estimate of drug-likeness (QED) is 0.685.